The van der Waals surface area contributed by atoms with Gasteiger partial charge in [0.15, 0.2) is 6.04 Å². The van der Waals surface area contributed by atoms with Gasteiger partial charge < -0.3 is 17.0 Å². The molecule has 0 radical (unpaired) electrons. The number of halogens is 1. The van der Waals surface area contributed by atoms with Crippen molar-refractivity contribution < 1.29 is 21.5 Å². The van der Waals surface area contributed by atoms with Crippen LogP contribution in [0, 0.1) is 0 Å². The zero-order valence-electron chi connectivity index (χ0n) is 16.3. The Balaban J connectivity index is 0.00000261. The molecule has 3 heteroatoms. The summed E-state index contributed by atoms with van der Waals surface area (Å²) >= 11 is 0. The van der Waals surface area contributed by atoms with Gasteiger partial charge in [-0.15, -0.1) is 0 Å². The van der Waals surface area contributed by atoms with Crippen molar-refractivity contribution in [2.24, 2.45) is 0 Å². The fourth-order valence-electron chi connectivity index (χ4n) is 3.58. The molecule has 0 unspecified atom stereocenters. The van der Waals surface area contributed by atoms with Crippen LogP contribution in [0.2, 0.25) is 0 Å². The van der Waals surface area contributed by atoms with E-state index >= 15 is 0 Å². The monoisotopic (exact) mass is 426 g/mol. The summed E-state index contributed by atoms with van der Waals surface area (Å²) in [6.45, 7) is 3.38. The van der Waals surface area contributed by atoms with Crippen LogP contribution in [0.25, 0.3) is 0 Å². The van der Waals surface area contributed by atoms with Crippen molar-refractivity contribution >= 4 is 0 Å². The Morgan fingerprint density at radius 1 is 0.778 bits per heavy atom. The summed E-state index contributed by atoms with van der Waals surface area (Å²) in [6, 6.07) is 21.8. The third-order valence-corrected chi connectivity index (χ3v) is 5.01. The van der Waals surface area contributed by atoms with Crippen molar-refractivity contribution in [3.05, 3.63) is 90.5 Å². The van der Waals surface area contributed by atoms with Gasteiger partial charge in [0.25, 0.3) is 0 Å². The van der Waals surface area contributed by atoms with Gasteiger partial charge in [0.1, 0.15) is 12.4 Å². The van der Waals surface area contributed by atoms with Crippen LogP contribution in [-0.2, 0) is 6.54 Å². The smallest absolute Gasteiger partial charge is 0.244 e. The van der Waals surface area contributed by atoms with Crippen molar-refractivity contribution in [2.45, 2.75) is 58.0 Å². The summed E-state index contributed by atoms with van der Waals surface area (Å²) < 4.78 is 4.67. The van der Waals surface area contributed by atoms with Crippen LogP contribution in [0.1, 0.15) is 62.6 Å². The number of hydrogen-bond acceptors (Lipinski definition) is 0. The molecule has 0 atom stereocenters. The van der Waals surface area contributed by atoms with Crippen LogP contribution in [0.15, 0.2) is 79.4 Å². The van der Waals surface area contributed by atoms with Gasteiger partial charge >= 0.3 is 0 Å². The highest BCUT2D eigenvalue weighted by molar-refractivity contribution is 5.32. The van der Waals surface area contributed by atoms with Gasteiger partial charge in [0.2, 0.25) is 6.33 Å². The molecule has 1 heterocycles. The minimum Gasteiger partial charge on any atom is -1.00 e. The Labute approximate surface area is 174 Å². The summed E-state index contributed by atoms with van der Waals surface area (Å²) in [5.74, 6) is 0. The maximum absolute atomic E-state index is 2.34. The first-order valence-corrected chi connectivity index (χ1v) is 10.0. The summed E-state index contributed by atoms with van der Waals surface area (Å²) in [7, 11) is 0. The lowest BCUT2D eigenvalue weighted by Crippen LogP contribution is -3.00. The molecular weight excluding hydrogens is 396 g/mol. The van der Waals surface area contributed by atoms with E-state index in [4.69, 9.17) is 0 Å². The third-order valence-electron chi connectivity index (χ3n) is 5.01. The highest BCUT2D eigenvalue weighted by Crippen LogP contribution is 2.25. The summed E-state index contributed by atoms with van der Waals surface area (Å²) in [4.78, 5) is 0. The predicted octanol–water partition coefficient (Wildman–Crippen LogP) is 2.78. The quantitative estimate of drug-likeness (QED) is 0.348. The molecule has 0 aliphatic heterocycles. The average molecular weight is 427 g/mol. The number of unbranched alkanes of at least 4 members (excludes halogenated alkanes) is 5. The van der Waals surface area contributed by atoms with Gasteiger partial charge in [-0.3, -0.25) is 0 Å². The molecule has 0 fully saturated rings. The number of nitrogens with zero attached hydrogens (tertiary/aromatic N) is 2. The van der Waals surface area contributed by atoms with Gasteiger partial charge in [-0.25, -0.2) is 9.13 Å². The first-order chi connectivity index (χ1) is 12.9. The number of aromatic nitrogens is 2. The molecule has 27 heavy (non-hydrogen) atoms. The summed E-state index contributed by atoms with van der Waals surface area (Å²) in [5.41, 5.74) is 2.64. The fourth-order valence-corrected chi connectivity index (χ4v) is 3.58. The molecule has 0 aliphatic rings. The summed E-state index contributed by atoms with van der Waals surface area (Å²) in [5, 5.41) is 0. The predicted molar refractivity (Wildman–Crippen MR) is 108 cm³/mol. The van der Waals surface area contributed by atoms with E-state index in [-0.39, 0.29) is 23.0 Å². The van der Waals surface area contributed by atoms with Crippen LogP contribution in [0.3, 0.4) is 0 Å². The molecule has 2 nitrogen and oxygen atoms in total. The van der Waals surface area contributed by atoms with E-state index in [2.05, 4.69) is 95.4 Å². The van der Waals surface area contributed by atoms with E-state index in [1.807, 2.05) is 0 Å². The lowest BCUT2D eigenvalue weighted by atomic mass is 9.99. The Morgan fingerprint density at radius 3 is 1.93 bits per heavy atom. The number of imidazole rings is 1. The van der Waals surface area contributed by atoms with Crippen molar-refractivity contribution in [1.29, 1.82) is 0 Å². The van der Waals surface area contributed by atoms with Crippen LogP contribution in [-0.4, -0.2) is 4.57 Å². The highest BCUT2D eigenvalue weighted by atomic mass is 79.9. The number of rotatable bonds is 10. The maximum atomic E-state index is 2.34. The molecule has 144 valence electrons. The molecule has 0 amide bonds. The Hall–Kier alpha value is -1.87. The topological polar surface area (TPSA) is 8.81 Å². The average Bonchev–Trinajstić information content (AvgIpc) is 3.15. The Bertz CT molecular complexity index is 713. The van der Waals surface area contributed by atoms with E-state index < -0.39 is 0 Å². The van der Waals surface area contributed by atoms with E-state index in [0.29, 0.717) is 0 Å². The van der Waals surface area contributed by atoms with Gasteiger partial charge in [0.05, 0.1) is 6.54 Å². The fraction of sp³-hybridized carbons (Fsp3) is 0.375. The molecule has 0 aliphatic carbocycles. The van der Waals surface area contributed by atoms with E-state index in [1.54, 1.807) is 0 Å². The molecule has 2 aromatic carbocycles. The van der Waals surface area contributed by atoms with Gasteiger partial charge in [-0.05, 0) is 12.8 Å². The lowest BCUT2D eigenvalue weighted by Gasteiger charge is -2.14. The van der Waals surface area contributed by atoms with Crippen molar-refractivity contribution in [3.8, 4) is 0 Å². The van der Waals surface area contributed by atoms with Gasteiger partial charge in [0, 0.05) is 11.1 Å². The maximum Gasteiger partial charge on any atom is 0.244 e. The molecule has 1 aromatic heterocycles. The molecule has 0 bridgehead atoms. The molecule has 3 aromatic rings. The third kappa shape index (κ3) is 6.35. The standard InChI is InChI=1S/C24H31N2.BrH/c1-2-3-4-5-6-13-18-25-19-20-26(21-25)24(22-14-9-7-10-15-22)23-16-11-8-12-17-23;/h7-12,14-17,19-21,24H,2-6,13,18H2,1H3;1H/q+1;/p-1. The molecule has 0 spiro atoms. The first kappa shape index (κ1) is 21.4. The molecule has 3 rings (SSSR count). The number of benzene rings is 2. The van der Waals surface area contributed by atoms with E-state index in [0.717, 1.165) is 6.54 Å². The molecule has 0 saturated carbocycles. The van der Waals surface area contributed by atoms with E-state index in [9.17, 15) is 0 Å². The number of hydrogen-bond donors (Lipinski definition) is 0. The SMILES string of the molecule is CCCCCCCC[n+]1ccn(C(c2ccccc2)c2ccccc2)c1.[Br-]. The van der Waals surface area contributed by atoms with Crippen LogP contribution < -0.4 is 21.5 Å². The highest BCUT2D eigenvalue weighted by Gasteiger charge is 2.21. The molecule has 0 N–H and O–H groups in total. The van der Waals surface area contributed by atoms with Gasteiger partial charge in [-0.1, -0.05) is 93.3 Å². The van der Waals surface area contributed by atoms with Crippen LogP contribution in [0.5, 0.6) is 0 Å². The van der Waals surface area contributed by atoms with Crippen molar-refractivity contribution in [1.82, 2.24) is 4.57 Å². The minimum absolute atomic E-state index is 0. The van der Waals surface area contributed by atoms with Crippen molar-refractivity contribution in [3.63, 3.8) is 0 Å². The Morgan fingerprint density at radius 2 is 1.33 bits per heavy atom. The zero-order chi connectivity index (χ0) is 18.0. The van der Waals surface area contributed by atoms with Crippen LogP contribution >= 0.6 is 0 Å². The second-order valence-electron chi connectivity index (χ2n) is 7.09. The number of aryl methyl sites for hydroxylation is 1. The summed E-state index contributed by atoms with van der Waals surface area (Å²) in [6.07, 6.45) is 14.7. The zero-order valence-corrected chi connectivity index (χ0v) is 17.9. The lowest BCUT2D eigenvalue weighted by molar-refractivity contribution is -0.697. The molecule has 0 saturated heterocycles. The normalized spacial score (nSPS) is 10.7. The van der Waals surface area contributed by atoms with E-state index in [1.165, 1.54) is 49.7 Å². The largest absolute Gasteiger partial charge is 1.00 e. The first-order valence-electron chi connectivity index (χ1n) is 10.0. The second kappa shape index (κ2) is 11.8. The minimum atomic E-state index is 0. The Kier molecular flexibility index (Phi) is 9.34. The molecular formula is C24H31BrN2. The van der Waals surface area contributed by atoms with Gasteiger partial charge in [-0.2, -0.15) is 0 Å². The van der Waals surface area contributed by atoms with Crippen LogP contribution in [0.4, 0.5) is 0 Å². The van der Waals surface area contributed by atoms with Crippen molar-refractivity contribution in [2.75, 3.05) is 0 Å². The second-order valence-corrected chi connectivity index (χ2v) is 7.09.